The molecule has 0 fully saturated rings. The van der Waals surface area contributed by atoms with Crippen molar-refractivity contribution in [3.8, 4) is 0 Å². The molecule has 1 aliphatic rings. The molecule has 0 saturated carbocycles. The lowest BCUT2D eigenvalue weighted by Crippen LogP contribution is -2.20. The quantitative estimate of drug-likeness (QED) is 0.526. The van der Waals surface area contributed by atoms with E-state index >= 15 is 0 Å². The zero-order chi connectivity index (χ0) is 13.8. The number of H-pyrrole nitrogens is 1. The summed E-state index contributed by atoms with van der Waals surface area (Å²) >= 11 is 0. The SMILES string of the molecule is [B]c1ccc2[nH]c3c(c2c1)C(C)(C)/C(=C/N=N)C3N. The Morgan fingerprint density at radius 1 is 1.47 bits per heavy atom. The number of nitrogens with zero attached hydrogens (tertiary/aromatic N) is 1. The molecule has 4 N–H and O–H groups in total. The van der Waals surface area contributed by atoms with Crippen molar-refractivity contribution in [1.29, 1.82) is 5.53 Å². The number of hydrogen-bond acceptors (Lipinski definition) is 3. The normalized spacial score (nSPS) is 22.9. The number of nitrogens with one attached hydrogen (secondary N) is 2. The van der Waals surface area contributed by atoms with Gasteiger partial charge in [-0.3, -0.25) is 0 Å². The average molecular weight is 250 g/mol. The Morgan fingerprint density at radius 2 is 2.21 bits per heavy atom. The summed E-state index contributed by atoms with van der Waals surface area (Å²) in [5, 5.41) is 4.49. The molecule has 94 valence electrons. The molecule has 0 aliphatic heterocycles. The van der Waals surface area contributed by atoms with Gasteiger partial charge >= 0.3 is 0 Å². The maximum atomic E-state index is 7.05. The van der Waals surface area contributed by atoms with Gasteiger partial charge in [-0.25, -0.2) is 5.53 Å². The smallest absolute Gasteiger partial charge is 0.113 e. The van der Waals surface area contributed by atoms with E-state index in [2.05, 4.69) is 23.9 Å². The van der Waals surface area contributed by atoms with Gasteiger partial charge in [0.05, 0.1) is 12.2 Å². The second-order valence-electron chi connectivity index (χ2n) is 5.53. The summed E-state index contributed by atoms with van der Waals surface area (Å²) in [6, 6.07) is 5.58. The van der Waals surface area contributed by atoms with Crippen LogP contribution in [0.25, 0.3) is 10.9 Å². The zero-order valence-electron chi connectivity index (χ0n) is 11.0. The van der Waals surface area contributed by atoms with Crippen molar-refractivity contribution in [3.63, 3.8) is 0 Å². The molecular weight excluding hydrogens is 235 g/mol. The molecular formula is C14H15BN4. The third-order valence-electron chi connectivity index (χ3n) is 4.05. The Hall–Kier alpha value is -1.88. The van der Waals surface area contributed by atoms with Gasteiger partial charge in [-0.05, 0) is 17.2 Å². The van der Waals surface area contributed by atoms with E-state index in [-0.39, 0.29) is 11.5 Å². The second kappa shape index (κ2) is 3.81. The highest BCUT2D eigenvalue weighted by molar-refractivity contribution is 6.33. The largest absolute Gasteiger partial charge is 0.357 e. The van der Waals surface area contributed by atoms with Crippen LogP contribution < -0.4 is 11.2 Å². The second-order valence-corrected chi connectivity index (χ2v) is 5.53. The van der Waals surface area contributed by atoms with E-state index in [4.69, 9.17) is 19.1 Å². The van der Waals surface area contributed by atoms with Crippen LogP contribution in [-0.4, -0.2) is 12.8 Å². The number of aromatic amines is 1. The highest BCUT2D eigenvalue weighted by Crippen LogP contribution is 2.50. The van der Waals surface area contributed by atoms with Gasteiger partial charge in [0.1, 0.15) is 7.85 Å². The van der Waals surface area contributed by atoms with E-state index < -0.39 is 0 Å². The van der Waals surface area contributed by atoms with Crippen LogP contribution in [0, 0.1) is 5.53 Å². The first-order valence-electron chi connectivity index (χ1n) is 6.21. The van der Waals surface area contributed by atoms with Gasteiger partial charge in [0, 0.05) is 22.0 Å². The number of hydrogen-bond donors (Lipinski definition) is 3. The molecule has 0 bridgehead atoms. The molecule has 1 aromatic carbocycles. The first-order valence-corrected chi connectivity index (χ1v) is 6.21. The van der Waals surface area contributed by atoms with E-state index in [1.54, 1.807) is 6.20 Å². The summed E-state index contributed by atoms with van der Waals surface area (Å²) in [6.07, 6.45) is 1.55. The predicted molar refractivity (Wildman–Crippen MR) is 76.9 cm³/mol. The fraction of sp³-hybridized carbons (Fsp3) is 0.286. The van der Waals surface area contributed by atoms with Crippen molar-refractivity contribution in [2.75, 3.05) is 0 Å². The number of rotatable bonds is 1. The monoisotopic (exact) mass is 250 g/mol. The maximum absolute atomic E-state index is 7.05. The summed E-state index contributed by atoms with van der Waals surface area (Å²) in [5.41, 5.74) is 18.0. The number of benzene rings is 1. The van der Waals surface area contributed by atoms with E-state index in [1.165, 1.54) is 0 Å². The van der Waals surface area contributed by atoms with Crippen molar-refractivity contribution in [1.82, 2.24) is 4.98 Å². The van der Waals surface area contributed by atoms with Crippen LogP contribution in [0.15, 0.2) is 35.1 Å². The third kappa shape index (κ3) is 1.51. The van der Waals surface area contributed by atoms with Gasteiger partial charge in [-0.1, -0.05) is 31.4 Å². The van der Waals surface area contributed by atoms with E-state index in [0.29, 0.717) is 0 Å². The van der Waals surface area contributed by atoms with Crippen molar-refractivity contribution in [2.45, 2.75) is 25.3 Å². The molecule has 1 atom stereocenters. The highest BCUT2D eigenvalue weighted by atomic mass is 14.9. The molecule has 4 nitrogen and oxygen atoms in total. The minimum Gasteiger partial charge on any atom is -0.357 e. The van der Waals surface area contributed by atoms with Gasteiger partial charge < -0.3 is 10.7 Å². The number of fused-ring (bicyclic) bond motifs is 3. The average Bonchev–Trinajstić information content (AvgIpc) is 2.80. The molecule has 1 unspecified atom stereocenters. The summed E-state index contributed by atoms with van der Waals surface area (Å²) in [6.45, 7) is 4.21. The van der Waals surface area contributed by atoms with Gasteiger partial charge in [0.15, 0.2) is 0 Å². The van der Waals surface area contributed by atoms with Crippen molar-refractivity contribution in [2.24, 2.45) is 10.8 Å². The van der Waals surface area contributed by atoms with Crippen LogP contribution in [0.3, 0.4) is 0 Å². The summed E-state index contributed by atoms with van der Waals surface area (Å²) in [4.78, 5) is 3.37. The van der Waals surface area contributed by atoms with E-state index in [1.807, 2.05) is 18.2 Å². The minimum atomic E-state index is -0.245. The lowest BCUT2D eigenvalue weighted by Gasteiger charge is -2.22. The zero-order valence-corrected chi connectivity index (χ0v) is 11.0. The van der Waals surface area contributed by atoms with Gasteiger partial charge in [0.25, 0.3) is 0 Å². The van der Waals surface area contributed by atoms with Gasteiger partial charge in [-0.15, -0.1) is 0 Å². The van der Waals surface area contributed by atoms with E-state index in [0.717, 1.165) is 33.2 Å². The maximum Gasteiger partial charge on any atom is 0.113 e. The highest BCUT2D eigenvalue weighted by Gasteiger charge is 2.42. The molecule has 2 aromatic rings. The van der Waals surface area contributed by atoms with Crippen molar-refractivity contribution < 1.29 is 0 Å². The van der Waals surface area contributed by atoms with Crippen molar-refractivity contribution in [3.05, 3.63) is 41.2 Å². The van der Waals surface area contributed by atoms with Crippen molar-refractivity contribution >= 4 is 24.2 Å². The Labute approximate surface area is 113 Å². The Morgan fingerprint density at radius 3 is 2.89 bits per heavy atom. The fourth-order valence-electron chi connectivity index (χ4n) is 3.14. The van der Waals surface area contributed by atoms with Gasteiger partial charge in [-0.2, -0.15) is 5.11 Å². The Kier molecular flexibility index (Phi) is 2.44. The van der Waals surface area contributed by atoms with E-state index in [9.17, 15) is 0 Å². The molecule has 19 heavy (non-hydrogen) atoms. The molecule has 1 aromatic heterocycles. The molecule has 5 heteroatoms. The third-order valence-corrected chi connectivity index (χ3v) is 4.05. The topological polar surface area (TPSA) is 78.0 Å². The molecule has 2 radical (unpaired) electrons. The Balaban J connectivity index is 2.36. The van der Waals surface area contributed by atoms with Crippen LogP contribution in [-0.2, 0) is 5.41 Å². The predicted octanol–water partition coefficient (Wildman–Crippen LogP) is 2.17. The van der Waals surface area contributed by atoms with Gasteiger partial charge in [0.2, 0.25) is 0 Å². The lowest BCUT2D eigenvalue weighted by atomic mass is 9.81. The molecule has 0 saturated heterocycles. The molecule has 1 heterocycles. The molecule has 3 rings (SSSR count). The summed E-state index contributed by atoms with van der Waals surface area (Å²) in [5.74, 6) is 0. The first kappa shape index (κ1) is 12.2. The standard InChI is InChI=1S/C14H15BN4/c1-14(2)9(6-18-17)12(16)13-11(14)8-5-7(15)3-4-10(8)19-13/h3-6,12,17,19H,16H2,1-2H3/b9-6+,18-17?. The summed E-state index contributed by atoms with van der Waals surface area (Å²) < 4.78 is 0. The first-order chi connectivity index (χ1) is 8.96. The Bertz CT molecular complexity index is 712. The van der Waals surface area contributed by atoms with Crippen LogP contribution in [0.1, 0.15) is 31.1 Å². The summed E-state index contributed by atoms with van der Waals surface area (Å²) in [7, 11) is 5.89. The fourth-order valence-corrected chi connectivity index (χ4v) is 3.14. The lowest BCUT2D eigenvalue weighted by molar-refractivity contribution is 0.619. The van der Waals surface area contributed by atoms with Crippen LogP contribution in [0.4, 0.5) is 0 Å². The molecule has 1 aliphatic carbocycles. The number of aromatic nitrogens is 1. The van der Waals surface area contributed by atoms with Crippen LogP contribution in [0.5, 0.6) is 0 Å². The molecule has 0 spiro atoms. The minimum absolute atomic E-state index is 0.243. The van der Waals surface area contributed by atoms with Crippen LogP contribution in [0.2, 0.25) is 0 Å². The number of nitrogens with two attached hydrogens (primary N) is 1. The van der Waals surface area contributed by atoms with Crippen LogP contribution >= 0.6 is 0 Å². The molecule has 0 amide bonds.